The highest BCUT2D eigenvalue weighted by molar-refractivity contribution is 5.32. The summed E-state index contributed by atoms with van der Waals surface area (Å²) >= 11 is 0. The number of likely N-dealkylation sites (tertiary alicyclic amines) is 1. The van der Waals surface area contributed by atoms with Gasteiger partial charge in [0, 0.05) is 31.7 Å². The normalized spacial score (nSPS) is 18.1. The molecule has 0 N–H and O–H groups in total. The van der Waals surface area contributed by atoms with Gasteiger partial charge in [0.1, 0.15) is 0 Å². The van der Waals surface area contributed by atoms with Gasteiger partial charge < -0.3 is 4.74 Å². The van der Waals surface area contributed by atoms with Gasteiger partial charge in [-0.05, 0) is 49.2 Å². The third-order valence-corrected chi connectivity index (χ3v) is 4.78. The summed E-state index contributed by atoms with van der Waals surface area (Å²) in [6, 6.07) is 16.4. The van der Waals surface area contributed by atoms with Crippen LogP contribution in [0, 0.1) is 0 Å². The van der Waals surface area contributed by atoms with Crippen LogP contribution in [0.5, 0.6) is 0 Å². The quantitative estimate of drug-likeness (QED) is 0.684. The van der Waals surface area contributed by atoms with E-state index in [-0.39, 0.29) is 6.10 Å². The van der Waals surface area contributed by atoms with Crippen LogP contribution in [-0.4, -0.2) is 38.9 Å². The molecular formula is C21H24N4O. The Morgan fingerprint density at radius 3 is 2.81 bits per heavy atom. The van der Waals surface area contributed by atoms with E-state index in [1.807, 2.05) is 41.3 Å². The van der Waals surface area contributed by atoms with Gasteiger partial charge in [-0.3, -0.25) is 9.88 Å². The number of piperidine rings is 1. The van der Waals surface area contributed by atoms with E-state index in [1.54, 1.807) is 6.20 Å². The van der Waals surface area contributed by atoms with Crippen molar-refractivity contribution in [1.29, 1.82) is 0 Å². The van der Waals surface area contributed by atoms with Gasteiger partial charge in [0.2, 0.25) is 0 Å². The molecule has 2 aromatic heterocycles. The molecule has 0 aliphatic carbocycles. The Kier molecular flexibility index (Phi) is 5.38. The average Bonchev–Trinajstić information content (AvgIpc) is 3.16. The van der Waals surface area contributed by atoms with Crippen molar-refractivity contribution in [2.45, 2.75) is 32.1 Å². The van der Waals surface area contributed by atoms with Crippen LogP contribution < -0.4 is 0 Å². The van der Waals surface area contributed by atoms with Crippen LogP contribution in [0.2, 0.25) is 0 Å². The fourth-order valence-corrected chi connectivity index (χ4v) is 3.47. The van der Waals surface area contributed by atoms with E-state index in [9.17, 15) is 0 Å². The van der Waals surface area contributed by atoms with Crippen LogP contribution in [0.4, 0.5) is 0 Å². The summed E-state index contributed by atoms with van der Waals surface area (Å²) < 4.78 is 8.16. The molecule has 1 atom stereocenters. The fraction of sp³-hybridized carbons (Fsp3) is 0.333. The fourth-order valence-electron chi connectivity index (χ4n) is 3.47. The number of hydrogen-bond donors (Lipinski definition) is 0. The lowest BCUT2D eigenvalue weighted by molar-refractivity contribution is -0.0125. The van der Waals surface area contributed by atoms with Gasteiger partial charge in [-0.25, -0.2) is 4.68 Å². The number of rotatable bonds is 6. The number of hydrogen-bond acceptors (Lipinski definition) is 4. The molecule has 1 saturated heterocycles. The molecule has 0 spiro atoms. The van der Waals surface area contributed by atoms with Crippen molar-refractivity contribution in [2.24, 2.45) is 0 Å². The first-order valence-corrected chi connectivity index (χ1v) is 9.20. The van der Waals surface area contributed by atoms with Crippen molar-refractivity contribution in [2.75, 3.05) is 13.1 Å². The third-order valence-electron chi connectivity index (χ3n) is 4.78. The molecule has 1 fully saturated rings. The minimum atomic E-state index is 0.275. The molecule has 134 valence electrons. The molecule has 1 aromatic carbocycles. The summed E-state index contributed by atoms with van der Waals surface area (Å²) in [6.07, 6.45) is 8.10. The number of pyridine rings is 1. The SMILES string of the molecule is c1ccc(-n2nccc2CN2CCCC(OCc3cccnc3)C2)cc1. The van der Waals surface area contributed by atoms with Crippen LogP contribution in [0.15, 0.2) is 67.1 Å². The maximum atomic E-state index is 6.13. The Labute approximate surface area is 154 Å². The molecule has 26 heavy (non-hydrogen) atoms. The van der Waals surface area contributed by atoms with Crippen molar-refractivity contribution in [3.05, 3.63) is 78.4 Å². The van der Waals surface area contributed by atoms with E-state index >= 15 is 0 Å². The molecule has 3 aromatic rings. The topological polar surface area (TPSA) is 43.2 Å². The Bertz CT molecular complexity index is 803. The summed E-state index contributed by atoms with van der Waals surface area (Å²) in [7, 11) is 0. The molecule has 0 radical (unpaired) electrons. The van der Waals surface area contributed by atoms with Gasteiger partial charge in [0.15, 0.2) is 0 Å². The van der Waals surface area contributed by atoms with Crippen LogP contribution in [0.25, 0.3) is 5.69 Å². The molecule has 5 nitrogen and oxygen atoms in total. The monoisotopic (exact) mass is 348 g/mol. The molecular weight excluding hydrogens is 324 g/mol. The van der Waals surface area contributed by atoms with Crippen molar-refractivity contribution in [3.8, 4) is 5.69 Å². The second-order valence-corrected chi connectivity index (χ2v) is 6.74. The minimum Gasteiger partial charge on any atom is -0.372 e. The number of benzene rings is 1. The Balaban J connectivity index is 1.36. The predicted octanol–water partition coefficient (Wildman–Crippen LogP) is 3.45. The van der Waals surface area contributed by atoms with Crippen LogP contribution >= 0.6 is 0 Å². The number of nitrogens with zero attached hydrogens (tertiary/aromatic N) is 4. The first-order valence-electron chi connectivity index (χ1n) is 9.20. The zero-order chi connectivity index (χ0) is 17.6. The number of ether oxygens (including phenoxy) is 1. The largest absolute Gasteiger partial charge is 0.372 e. The van der Waals surface area contributed by atoms with Crippen molar-refractivity contribution in [3.63, 3.8) is 0 Å². The second-order valence-electron chi connectivity index (χ2n) is 6.74. The van der Waals surface area contributed by atoms with Gasteiger partial charge in [-0.15, -0.1) is 0 Å². The molecule has 0 amide bonds. The van der Waals surface area contributed by atoms with Gasteiger partial charge in [0.05, 0.1) is 24.1 Å². The van der Waals surface area contributed by atoms with E-state index in [0.717, 1.165) is 43.7 Å². The molecule has 1 unspecified atom stereocenters. The first kappa shape index (κ1) is 16.9. The second kappa shape index (κ2) is 8.25. The molecule has 3 heterocycles. The van der Waals surface area contributed by atoms with E-state index in [2.05, 4.69) is 39.2 Å². The number of aromatic nitrogens is 3. The van der Waals surface area contributed by atoms with Crippen LogP contribution in [0.1, 0.15) is 24.1 Å². The lowest BCUT2D eigenvalue weighted by atomic mass is 10.1. The molecule has 5 heteroatoms. The molecule has 1 aliphatic rings. The molecule has 0 bridgehead atoms. The maximum absolute atomic E-state index is 6.13. The zero-order valence-electron chi connectivity index (χ0n) is 14.9. The number of para-hydroxylation sites is 1. The highest BCUT2D eigenvalue weighted by Crippen LogP contribution is 2.18. The summed E-state index contributed by atoms with van der Waals surface area (Å²) in [5.41, 5.74) is 3.45. The molecule has 4 rings (SSSR count). The third kappa shape index (κ3) is 4.18. The van der Waals surface area contributed by atoms with Crippen LogP contribution in [0.3, 0.4) is 0 Å². The average molecular weight is 348 g/mol. The van der Waals surface area contributed by atoms with Crippen LogP contribution in [-0.2, 0) is 17.9 Å². The maximum Gasteiger partial charge on any atom is 0.0736 e. The Morgan fingerprint density at radius 2 is 1.96 bits per heavy atom. The van der Waals surface area contributed by atoms with Crippen molar-refractivity contribution >= 4 is 0 Å². The van der Waals surface area contributed by atoms with Crippen molar-refractivity contribution in [1.82, 2.24) is 19.7 Å². The summed E-state index contributed by atoms with van der Waals surface area (Å²) in [4.78, 5) is 6.62. The van der Waals surface area contributed by atoms with E-state index in [4.69, 9.17) is 4.74 Å². The lowest BCUT2D eigenvalue weighted by Crippen LogP contribution is -2.39. The first-order chi connectivity index (χ1) is 12.9. The highest BCUT2D eigenvalue weighted by atomic mass is 16.5. The summed E-state index contributed by atoms with van der Waals surface area (Å²) in [6.45, 7) is 3.59. The van der Waals surface area contributed by atoms with Crippen molar-refractivity contribution < 1.29 is 4.74 Å². The van der Waals surface area contributed by atoms with Gasteiger partial charge in [0.25, 0.3) is 0 Å². The highest BCUT2D eigenvalue weighted by Gasteiger charge is 2.21. The van der Waals surface area contributed by atoms with Gasteiger partial charge in [-0.1, -0.05) is 24.3 Å². The van der Waals surface area contributed by atoms with E-state index in [1.165, 1.54) is 5.69 Å². The van der Waals surface area contributed by atoms with E-state index < -0.39 is 0 Å². The standard InChI is InChI=1S/C21H24N4O/c1-2-7-19(8-3-1)25-20(10-12-23-25)15-24-13-5-9-21(16-24)26-17-18-6-4-11-22-14-18/h1-4,6-8,10-12,14,21H,5,9,13,15-17H2. The van der Waals surface area contributed by atoms with E-state index in [0.29, 0.717) is 6.61 Å². The minimum absolute atomic E-state index is 0.275. The van der Waals surface area contributed by atoms with Gasteiger partial charge in [-0.2, -0.15) is 5.10 Å². The smallest absolute Gasteiger partial charge is 0.0736 e. The predicted molar refractivity (Wildman–Crippen MR) is 101 cm³/mol. The zero-order valence-corrected chi connectivity index (χ0v) is 14.9. The summed E-state index contributed by atoms with van der Waals surface area (Å²) in [5.74, 6) is 0. The Morgan fingerprint density at radius 1 is 1.04 bits per heavy atom. The lowest BCUT2D eigenvalue weighted by Gasteiger charge is -2.32. The Hall–Kier alpha value is -2.50. The molecule has 1 aliphatic heterocycles. The molecule has 0 saturated carbocycles. The van der Waals surface area contributed by atoms with Gasteiger partial charge >= 0.3 is 0 Å². The summed E-state index contributed by atoms with van der Waals surface area (Å²) in [5, 5.41) is 4.50.